The van der Waals surface area contributed by atoms with E-state index in [9.17, 15) is 9.90 Å². The van der Waals surface area contributed by atoms with Crippen molar-refractivity contribution in [3.05, 3.63) is 70.2 Å². The summed E-state index contributed by atoms with van der Waals surface area (Å²) in [5.74, 6) is -0.627. The fourth-order valence-electron chi connectivity index (χ4n) is 1.97. The molecule has 0 atom stereocenters. The number of phenolic OH excluding ortho intramolecular Hbond substituents is 1. The number of thiazole rings is 1. The predicted octanol–water partition coefficient (Wildman–Crippen LogP) is 4.01. The Labute approximate surface area is 152 Å². The highest BCUT2D eigenvalue weighted by molar-refractivity contribution is 7.17. The molecule has 0 fully saturated rings. The summed E-state index contributed by atoms with van der Waals surface area (Å²) in [5, 5.41) is 17.5. The molecule has 0 aliphatic rings. The van der Waals surface area contributed by atoms with Gasteiger partial charge in [-0.3, -0.25) is 4.79 Å². The van der Waals surface area contributed by atoms with Crippen molar-refractivity contribution in [1.29, 1.82) is 0 Å². The summed E-state index contributed by atoms with van der Waals surface area (Å²) in [6, 6.07) is 15.8. The summed E-state index contributed by atoms with van der Waals surface area (Å²) in [6.45, 7) is 0. The van der Waals surface area contributed by atoms with Crippen LogP contribution >= 0.6 is 22.9 Å². The molecule has 3 N–H and O–H groups in total. The van der Waals surface area contributed by atoms with Crippen LogP contribution in [-0.4, -0.2) is 22.2 Å². The number of carbonyl (C=O) groups is 1. The number of rotatable bonds is 5. The third kappa shape index (κ3) is 4.34. The zero-order valence-electron chi connectivity index (χ0n) is 12.8. The summed E-state index contributed by atoms with van der Waals surface area (Å²) in [7, 11) is 0. The highest BCUT2D eigenvalue weighted by Gasteiger charge is 2.10. The molecule has 0 saturated heterocycles. The number of hydrogen-bond acceptors (Lipinski definition) is 6. The minimum atomic E-state index is -0.516. The van der Waals surface area contributed by atoms with Crippen molar-refractivity contribution < 1.29 is 9.90 Å². The lowest BCUT2D eigenvalue weighted by Crippen LogP contribution is -2.17. The molecule has 126 valence electrons. The van der Waals surface area contributed by atoms with E-state index >= 15 is 0 Å². The van der Waals surface area contributed by atoms with Gasteiger partial charge in [0, 0.05) is 5.69 Å². The fraction of sp³-hybridized carbons (Fsp3) is 0. The van der Waals surface area contributed by atoms with E-state index in [-0.39, 0.29) is 16.5 Å². The lowest BCUT2D eigenvalue weighted by atomic mass is 10.2. The van der Waals surface area contributed by atoms with Crippen LogP contribution in [0, 0.1) is 0 Å². The third-order valence-electron chi connectivity index (χ3n) is 3.13. The Kier molecular flexibility index (Phi) is 5.27. The Morgan fingerprint density at radius 1 is 1.16 bits per heavy atom. The molecule has 0 unspecified atom stereocenters. The minimum absolute atomic E-state index is 0.111. The van der Waals surface area contributed by atoms with Gasteiger partial charge in [0.2, 0.25) is 0 Å². The van der Waals surface area contributed by atoms with E-state index in [1.165, 1.54) is 29.7 Å². The molecule has 3 aromatic rings. The summed E-state index contributed by atoms with van der Waals surface area (Å²) in [4.78, 5) is 16.7. The van der Waals surface area contributed by atoms with Gasteiger partial charge in [-0.05, 0) is 24.3 Å². The maximum atomic E-state index is 11.9. The lowest BCUT2D eigenvalue weighted by Gasteiger charge is -2.01. The second kappa shape index (κ2) is 7.78. The highest BCUT2D eigenvalue weighted by Crippen LogP contribution is 2.27. The van der Waals surface area contributed by atoms with E-state index in [2.05, 4.69) is 20.8 Å². The quantitative estimate of drug-likeness (QED) is 0.466. The number of hydrogen-bond donors (Lipinski definition) is 3. The molecule has 0 saturated carbocycles. The maximum absolute atomic E-state index is 11.9. The molecule has 1 amide bonds. The number of benzene rings is 2. The number of nitrogens with one attached hydrogen (secondary N) is 2. The first-order valence-corrected chi connectivity index (χ1v) is 8.43. The van der Waals surface area contributed by atoms with Crippen LogP contribution in [0.2, 0.25) is 5.15 Å². The van der Waals surface area contributed by atoms with Crippen LogP contribution in [0.4, 0.5) is 10.8 Å². The Bertz CT molecular complexity index is 912. The van der Waals surface area contributed by atoms with Crippen LogP contribution in [-0.2, 0) is 0 Å². The first-order chi connectivity index (χ1) is 12.1. The third-order valence-corrected chi connectivity index (χ3v) is 4.44. The molecule has 0 aliphatic heterocycles. The second-order valence-electron chi connectivity index (χ2n) is 4.88. The van der Waals surface area contributed by atoms with Crippen LogP contribution in [0.3, 0.4) is 0 Å². The number of aromatic hydroxyl groups is 1. The Morgan fingerprint density at radius 3 is 2.64 bits per heavy atom. The second-order valence-corrected chi connectivity index (χ2v) is 6.27. The first-order valence-electron chi connectivity index (χ1n) is 7.23. The average molecular weight is 373 g/mol. The van der Waals surface area contributed by atoms with Crippen molar-refractivity contribution in [3.63, 3.8) is 0 Å². The van der Waals surface area contributed by atoms with Crippen LogP contribution in [0.25, 0.3) is 0 Å². The van der Waals surface area contributed by atoms with E-state index in [0.29, 0.717) is 10.0 Å². The Balaban J connectivity index is 1.66. The molecule has 1 aromatic heterocycles. The largest absolute Gasteiger partial charge is 0.507 e. The minimum Gasteiger partial charge on any atom is -0.507 e. The SMILES string of the molecule is O=C(N/N=C/c1sc(Nc2ccccc2)nc1Cl)c1ccccc1O. The zero-order valence-corrected chi connectivity index (χ0v) is 14.4. The number of hydrazone groups is 1. The van der Waals surface area contributed by atoms with Crippen LogP contribution in [0.5, 0.6) is 5.75 Å². The van der Waals surface area contributed by atoms with E-state index < -0.39 is 5.91 Å². The van der Waals surface area contributed by atoms with Gasteiger partial charge in [-0.15, -0.1) is 0 Å². The van der Waals surface area contributed by atoms with Crippen molar-refractivity contribution in [1.82, 2.24) is 10.4 Å². The lowest BCUT2D eigenvalue weighted by molar-refractivity contribution is 0.0952. The van der Waals surface area contributed by atoms with Crippen LogP contribution in [0.15, 0.2) is 59.7 Å². The molecule has 0 radical (unpaired) electrons. The number of halogens is 1. The van der Waals surface area contributed by atoms with Gasteiger partial charge in [-0.2, -0.15) is 5.10 Å². The number of nitrogens with zero attached hydrogens (tertiary/aromatic N) is 2. The van der Waals surface area contributed by atoms with E-state index in [1.54, 1.807) is 12.1 Å². The number of anilines is 2. The molecule has 0 spiro atoms. The van der Waals surface area contributed by atoms with E-state index in [1.807, 2.05) is 30.3 Å². The molecule has 0 aliphatic carbocycles. The normalized spacial score (nSPS) is 10.8. The number of amides is 1. The van der Waals surface area contributed by atoms with Crippen LogP contribution in [0.1, 0.15) is 15.2 Å². The van der Waals surface area contributed by atoms with Crippen molar-refractivity contribution in [2.24, 2.45) is 5.10 Å². The molecule has 0 bridgehead atoms. The number of para-hydroxylation sites is 2. The van der Waals surface area contributed by atoms with Crippen molar-refractivity contribution in [2.75, 3.05) is 5.32 Å². The van der Waals surface area contributed by atoms with Gasteiger partial charge in [-0.25, -0.2) is 10.4 Å². The van der Waals surface area contributed by atoms with Gasteiger partial charge in [-0.1, -0.05) is 53.3 Å². The number of carbonyl (C=O) groups excluding carboxylic acids is 1. The molecule has 25 heavy (non-hydrogen) atoms. The van der Waals surface area contributed by atoms with Gasteiger partial charge in [0.15, 0.2) is 10.3 Å². The van der Waals surface area contributed by atoms with Crippen molar-refractivity contribution in [3.8, 4) is 5.75 Å². The highest BCUT2D eigenvalue weighted by atomic mass is 35.5. The summed E-state index contributed by atoms with van der Waals surface area (Å²) >= 11 is 7.38. The number of phenols is 1. The van der Waals surface area contributed by atoms with Crippen molar-refractivity contribution in [2.45, 2.75) is 0 Å². The van der Waals surface area contributed by atoms with Gasteiger partial charge in [0.05, 0.1) is 16.7 Å². The summed E-state index contributed by atoms with van der Waals surface area (Å²) in [5.41, 5.74) is 3.38. The summed E-state index contributed by atoms with van der Waals surface area (Å²) < 4.78 is 0. The fourth-order valence-corrected chi connectivity index (χ4v) is 3.02. The predicted molar refractivity (Wildman–Crippen MR) is 100 cm³/mol. The molecule has 6 nitrogen and oxygen atoms in total. The molecule has 2 aromatic carbocycles. The van der Waals surface area contributed by atoms with E-state index in [4.69, 9.17) is 11.6 Å². The Morgan fingerprint density at radius 2 is 1.88 bits per heavy atom. The van der Waals surface area contributed by atoms with Gasteiger partial charge < -0.3 is 10.4 Å². The van der Waals surface area contributed by atoms with Gasteiger partial charge >= 0.3 is 0 Å². The maximum Gasteiger partial charge on any atom is 0.275 e. The molecule has 3 rings (SSSR count). The first kappa shape index (κ1) is 16.9. The topological polar surface area (TPSA) is 86.6 Å². The molecular weight excluding hydrogens is 360 g/mol. The van der Waals surface area contributed by atoms with Crippen molar-refractivity contribution >= 4 is 45.9 Å². The standard InChI is InChI=1S/C17H13ClN4O2S/c18-15-14(25-17(21-15)20-11-6-2-1-3-7-11)10-19-22-16(24)12-8-4-5-9-13(12)23/h1-10,23H,(H,20,21)(H,22,24)/b19-10+. The van der Waals surface area contributed by atoms with Gasteiger partial charge in [0.25, 0.3) is 5.91 Å². The molecule has 1 heterocycles. The smallest absolute Gasteiger partial charge is 0.275 e. The molecular formula is C17H13ClN4O2S. The summed E-state index contributed by atoms with van der Waals surface area (Å²) in [6.07, 6.45) is 1.41. The number of aromatic nitrogens is 1. The Hall–Kier alpha value is -2.90. The van der Waals surface area contributed by atoms with E-state index in [0.717, 1.165) is 5.69 Å². The average Bonchev–Trinajstić information content (AvgIpc) is 2.95. The van der Waals surface area contributed by atoms with Gasteiger partial charge in [0.1, 0.15) is 5.75 Å². The monoisotopic (exact) mass is 372 g/mol. The van der Waals surface area contributed by atoms with Crippen LogP contribution < -0.4 is 10.7 Å². The molecule has 8 heteroatoms. The zero-order chi connectivity index (χ0) is 17.6.